The molecule has 1 aromatic heterocycles. The van der Waals surface area contributed by atoms with Gasteiger partial charge in [-0.05, 0) is 11.2 Å². The fraction of sp³-hybridized carbons (Fsp3) is 0.182. The molecule has 18 heavy (non-hydrogen) atoms. The summed E-state index contributed by atoms with van der Waals surface area (Å²) in [7, 11) is -2.05. The lowest BCUT2D eigenvalue weighted by atomic mass is 10.1. The quantitative estimate of drug-likeness (QED) is 0.401. The molecule has 0 saturated carbocycles. The molecule has 0 aliphatic carbocycles. The fourth-order valence-electron chi connectivity index (χ4n) is 1.61. The van der Waals surface area contributed by atoms with Gasteiger partial charge in [0.2, 0.25) is 16.2 Å². The van der Waals surface area contributed by atoms with Crippen LogP contribution in [0.3, 0.4) is 0 Å². The van der Waals surface area contributed by atoms with Crippen LogP contribution >= 0.6 is 0 Å². The van der Waals surface area contributed by atoms with Crippen LogP contribution in [0.1, 0.15) is 5.56 Å². The Bertz CT molecular complexity index is 738. The number of nitrogens with zero attached hydrogens (tertiary/aromatic N) is 3. The number of fused-ring (bicyclic) bond motifs is 1. The van der Waals surface area contributed by atoms with Gasteiger partial charge in [-0.3, -0.25) is 0 Å². The minimum Gasteiger partial charge on any atom is -0.857 e. The summed E-state index contributed by atoms with van der Waals surface area (Å²) in [6.45, 7) is 0. The van der Waals surface area contributed by atoms with Crippen LogP contribution < -0.4 is 9.79 Å². The Balaban J connectivity index is 2.75. The molecular weight excluding hydrogens is 254 g/mol. The highest BCUT2D eigenvalue weighted by atomic mass is 32.2. The summed E-state index contributed by atoms with van der Waals surface area (Å²) in [5.74, 6) is -0.785. The second-order valence-corrected chi connectivity index (χ2v) is 5.51. The van der Waals surface area contributed by atoms with Crippen LogP contribution in [0.4, 0.5) is 0 Å². The van der Waals surface area contributed by atoms with Crippen molar-refractivity contribution in [3.05, 3.63) is 36.0 Å². The van der Waals surface area contributed by atoms with Crippen molar-refractivity contribution < 1.29 is 18.2 Å². The summed E-state index contributed by atoms with van der Waals surface area (Å²) < 4.78 is 26.7. The van der Waals surface area contributed by atoms with Crippen molar-refractivity contribution >= 4 is 26.8 Å². The van der Waals surface area contributed by atoms with E-state index in [1.54, 1.807) is 31.3 Å². The minimum absolute atomic E-state index is 0.216. The zero-order chi connectivity index (χ0) is 13.3. The highest BCUT2D eigenvalue weighted by Crippen LogP contribution is 2.14. The summed E-state index contributed by atoms with van der Waals surface area (Å²) in [6.07, 6.45) is 2.34. The van der Waals surface area contributed by atoms with E-state index in [9.17, 15) is 13.5 Å². The lowest BCUT2D eigenvalue weighted by molar-refractivity contribution is -0.728. The Morgan fingerprint density at radius 1 is 1.39 bits per heavy atom. The zero-order valence-corrected chi connectivity index (χ0v) is 10.7. The van der Waals surface area contributed by atoms with E-state index in [0.717, 1.165) is 6.26 Å². The van der Waals surface area contributed by atoms with Crippen molar-refractivity contribution in [2.45, 2.75) is 0 Å². The second kappa shape index (κ2) is 4.34. The summed E-state index contributed by atoms with van der Waals surface area (Å²) in [4.78, 5) is 0. The summed E-state index contributed by atoms with van der Waals surface area (Å²) in [6, 6.07) is 6.98. The molecule has 94 valence electrons. The molecule has 1 aromatic carbocycles. The van der Waals surface area contributed by atoms with Crippen LogP contribution in [0.25, 0.3) is 10.9 Å². The number of aromatic nitrogens is 2. The van der Waals surface area contributed by atoms with Gasteiger partial charge < -0.3 is 5.11 Å². The lowest BCUT2D eigenvalue weighted by Crippen LogP contribution is -2.35. The molecule has 0 fully saturated rings. The Labute approximate surface area is 104 Å². The second-order valence-electron chi connectivity index (χ2n) is 3.86. The van der Waals surface area contributed by atoms with Crippen LogP contribution in [0, 0.1) is 0 Å². The molecule has 0 atom stereocenters. The number of benzene rings is 1. The maximum absolute atomic E-state index is 11.8. The molecule has 0 aliphatic rings. The Hall–Kier alpha value is -2.02. The molecule has 0 unspecified atom stereocenters. The van der Waals surface area contributed by atoms with Gasteiger partial charge in [0.15, 0.2) is 7.05 Å². The van der Waals surface area contributed by atoms with Crippen molar-refractivity contribution in [1.82, 2.24) is 5.10 Å². The van der Waals surface area contributed by atoms with E-state index in [0.29, 0.717) is 10.9 Å². The van der Waals surface area contributed by atoms with Gasteiger partial charge in [-0.1, -0.05) is 22.9 Å². The van der Waals surface area contributed by atoms with Crippen LogP contribution in [0.2, 0.25) is 0 Å². The molecule has 0 N–H and O–H groups in total. The fourth-order valence-corrected chi connectivity index (χ4v) is 2.01. The van der Waals surface area contributed by atoms with E-state index in [2.05, 4.69) is 9.50 Å². The molecule has 1 heterocycles. The van der Waals surface area contributed by atoms with E-state index in [1.165, 1.54) is 10.9 Å². The van der Waals surface area contributed by atoms with Crippen LogP contribution in [-0.2, 0) is 17.1 Å². The van der Waals surface area contributed by atoms with Crippen molar-refractivity contribution in [2.75, 3.05) is 6.26 Å². The van der Waals surface area contributed by atoms with Gasteiger partial charge >= 0.3 is 0 Å². The van der Waals surface area contributed by atoms with E-state index < -0.39 is 15.9 Å². The molecule has 0 spiro atoms. The maximum Gasteiger partial charge on any atom is 0.249 e. The van der Waals surface area contributed by atoms with E-state index in [4.69, 9.17) is 0 Å². The van der Waals surface area contributed by atoms with Gasteiger partial charge in [0.1, 0.15) is 5.52 Å². The smallest absolute Gasteiger partial charge is 0.249 e. The van der Waals surface area contributed by atoms with Crippen LogP contribution in [-0.4, -0.2) is 25.7 Å². The Morgan fingerprint density at radius 2 is 2.06 bits per heavy atom. The van der Waals surface area contributed by atoms with Crippen LogP contribution in [0.5, 0.6) is 0 Å². The number of hydrogen-bond donors (Lipinski definition) is 0. The zero-order valence-electron chi connectivity index (χ0n) is 9.86. The average Bonchev–Trinajstić information content (AvgIpc) is 2.25. The monoisotopic (exact) mass is 265 g/mol. The van der Waals surface area contributed by atoms with Crippen molar-refractivity contribution in [3.63, 3.8) is 0 Å². The molecule has 0 aliphatic heterocycles. The number of aryl methyl sites for hydroxylation is 1. The average molecular weight is 265 g/mol. The number of rotatable bonds is 2. The lowest BCUT2D eigenvalue weighted by Gasteiger charge is -2.10. The molecule has 2 aromatic rings. The molecule has 7 heteroatoms. The Kier molecular flexibility index (Phi) is 3.00. The molecule has 2 rings (SSSR count). The first-order valence-electron chi connectivity index (χ1n) is 5.10. The first-order valence-corrected chi connectivity index (χ1v) is 6.95. The predicted molar refractivity (Wildman–Crippen MR) is 64.3 cm³/mol. The van der Waals surface area contributed by atoms with Crippen molar-refractivity contribution in [1.29, 1.82) is 0 Å². The van der Waals surface area contributed by atoms with E-state index >= 15 is 0 Å². The summed E-state index contributed by atoms with van der Waals surface area (Å²) in [5.41, 5.74) is 0.822. The topological polar surface area (TPSA) is 86.3 Å². The Morgan fingerprint density at radius 3 is 2.72 bits per heavy atom. The van der Waals surface area contributed by atoms with Gasteiger partial charge in [0.25, 0.3) is 0 Å². The van der Waals surface area contributed by atoms with E-state index in [1.807, 2.05) is 0 Å². The summed E-state index contributed by atoms with van der Waals surface area (Å²) in [5, 5.41) is 16.6. The van der Waals surface area contributed by atoms with Crippen molar-refractivity contribution in [2.24, 2.45) is 11.4 Å². The molecule has 0 radical (unpaired) electrons. The molecule has 6 nitrogen and oxygen atoms in total. The van der Waals surface area contributed by atoms with Crippen LogP contribution in [0.15, 0.2) is 34.9 Å². The number of hydrogen-bond acceptors (Lipinski definition) is 4. The molecular formula is C11H11N3O3S. The highest BCUT2D eigenvalue weighted by Gasteiger charge is 2.10. The standard InChI is InChI=1S/C11H11N3O3S/c1-14-7-9(11(15)13-18(2,16)17)8-5-3-4-6-10(8)12-14/h3-7H,1-2H3. The SMILES string of the molecule is C[n+]1cc(C([O-])=NS(C)(=O)=O)c2ccccc2n1. The highest BCUT2D eigenvalue weighted by molar-refractivity contribution is 7.89. The van der Waals surface area contributed by atoms with Gasteiger partial charge in [-0.25, -0.2) is 8.42 Å². The van der Waals surface area contributed by atoms with Gasteiger partial charge in [0, 0.05) is 11.3 Å². The van der Waals surface area contributed by atoms with Gasteiger partial charge in [-0.15, -0.1) is 0 Å². The number of sulfonamides is 1. The minimum atomic E-state index is -3.71. The van der Waals surface area contributed by atoms with Crippen molar-refractivity contribution in [3.8, 4) is 0 Å². The van der Waals surface area contributed by atoms with Gasteiger partial charge in [0.05, 0.1) is 11.8 Å². The first-order chi connectivity index (χ1) is 8.37. The third-order valence-electron chi connectivity index (χ3n) is 2.25. The molecule has 0 amide bonds. The third kappa shape index (κ3) is 2.62. The largest absolute Gasteiger partial charge is 0.857 e. The maximum atomic E-state index is 11.8. The summed E-state index contributed by atoms with van der Waals surface area (Å²) >= 11 is 0. The van der Waals surface area contributed by atoms with E-state index in [-0.39, 0.29) is 5.56 Å². The van der Waals surface area contributed by atoms with Gasteiger partial charge in [-0.2, -0.15) is 4.40 Å². The molecule has 0 bridgehead atoms. The first kappa shape index (κ1) is 12.4. The predicted octanol–water partition coefficient (Wildman–Crippen LogP) is -0.874. The molecule has 0 saturated heterocycles. The normalized spacial score (nSPS) is 12.9. The third-order valence-corrected chi connectivity index (χ3v) is 2.75.